The molecule has 17 heavy (non-hydrogen) atoms. The molecule has 2 fully saturated rings. The van der Waals surface area contributed by atoms with Crippen molar-refractivity contribution in [3.05, 3.63) is 34.3 Å². The molecule has 2 aliphatic heterocycles. The second kappa shape index (κ2) is 4.69. The molecule has 0 saturated carbocycles. The van der Waals surface area contributed by atoms with Crippen LogP contribution in [0.2, 0.25) is 0 Å². The van der Waals surface area contributed by atoms with E-state index in [4.69, 9.17) is 9.47 Å². The Morgan fingerprint density at radius 1 is 1.24 bits per heavy atom. The summed E-state index contributed by atoms with van der Waals surface area (Å²) in [6.07, 6.45) is 0. The largest absolute Gasteiger partial charge is 0.379 e. The first-order valence-electron chi connectivity index (χ1n) is 5.97. The molecule has 3 rings (SSSR count). The van der Waals surface area contributed by atoms with Gasteiger partial charge < -0.3 is 14.8 Å². The van der Waals surface area contributed by atoms with Crippen LogP contribution in [0.1, 0.15) is 5.56 Å². The Morgan fingerprint density at radius 2 is 2.06 bits per heavy atom. The van der Waals surface area contributed by atoms with E-state index < -0.39 is 0 Å². The monoisotopic (exact) mass is 297 g/mol. The van der Waals surface area contributed by atoms with Crippen molar-refractivity contribution in [3.63, 3.8) is 0 Å². The van der Waals surface area contributed by atoms with Gasteiger partial charge in [-0.3, -0.25) is 0 Å². The van der Waals surface area contributed by atoms with Gasteiger partial charge in [0.05, 0.1) is 31.8 Å². The summed E-state index contributed by atoms with van der Waals surface area (Å²) in [5.41, 5.74) is 1.40. The molecule has 3 nitrogen and oxygen atoms in total. The number of morpholine rings is 1. The maximum Gasteiger partial charge on any atom is 0.0630 e. The summed E-state index contributed by atoms with van der Waals surface area (Å²) in [7, 11) is 0. The normalized spacial score (nSPS) is 27.5. The zero-order valence-electron chi connectivity index (χ0n) is 9.62. The topological polar surface area (TPSA) is 30.5 Å². The summed E-state index contributed by atoms with van der Waals surface area (Å²) in [4.78, 5) is 0. The van der Waals surface area contributed by atoms with Gasteiger partial charge in [0.1, 0.15) is 0 Å². The molecular weight excluding hydrogens is 282 g/mol. The van der Waals surface area contributed by atoms with Crippen molar-refractivity contribution in [1.82, 2.24) is 5.32 Å². The Hall–Kier alpha value is -0.420. The number of halogens is 1. The van der Waals surface area contributed by atoms with E-state index >= 15 is 0 Å². The first-order chi connectivity index (χ1) is 8.33. The lowest BCUT2D eigenvalue weighted by atomic mass is 9.72. The second-order valence-electron chi connectivity index (χ2n) is 4.71. The van der Waals surface area contributed by atoms with Crippen LogP contribution in [0.25, 0.3) is 0 Å². The van der Waals surface area contributed by atoms with Crippen LogP contribution in [0.15, 0.2) is 28.7 Å². The molecule has 0 aromatic heterocycles. The molecule has 2 aliphatic rings. The fourth-order valence-corrected chi connectivity index (χ4v) is 3.33. The minimum absolute atomic E-state index is 0.0700. The molecular formula is C13H16BrNO2. The molecule has 2 heterocycles. The van der Waals surface area contributed by atoms with Gasteiger partial charge in [-0.15, -0.1) is 0 Å². The SMILES string of the molecule is Brc1ccccc1C1(C2COCCN2)COC1. The highest BCUT2D eigenvalue weighted by molar-refractivity contribution is 9.10. The first-order valence-corrected chi connectivity index (χ1v) is 6.76. The standard InChI is InChI=1S/C13H16BrNO2/c14-11-4-2-1-3-10(11)13(8-17-9-13)12-7-16-6-5-15-12/h1-4,12,15H,5-9H2. The number of hydrogen-bond donors (Lipinski definition) is 1. The molecule has 2 saturated heterocycles. The molecule has 0 spiro atoms. The highest BCUT2D eigenvalue weighted by Gasteiger charge is 2.48. The van der Waals surface area contributed by atoms with Crippen LogP contribution >= 0.6 is 15.9 Å². The van der Waals surface area contributed by atoms with E-state index in [9.17, 15) is 0 Å². The van der Waals surface area contributed by atoms with E-state index in [2.05, 4.69) is 39.4 Å². The Bertz CT molecular complexity index is 400. The quantitative estimate of drug-likeness (QED) is 0.901. The second-order valence-corrected chi connectivity index (χ2v) is 5.56. The molecule has 0 aliphatic carbocycles. The number of nitrogens with one attached hydrogen (secondary N) is 1. The van der Waals surface area contributed by atoms with Crippen molar-refractivity contribution in [3.8, 4) is 0 Å². The van der Waals surface area contributed by atoms with E-state index in [-0.39, 0.29) is 5.41 Å². The fraction of sp³-hybridized carbons (Fsp3) is 0.538. The van der Waals surface area contributed by atoms with Gasteiger partial charge in [-0.1, -0.05) is 34.1 Å². The molecule has 1 atom stereocenters. The zero-order chi connectivity index (χ0) is 11.7. The van der Waals surface area contributed by atoms with Gasteiger partial charge in [-0.2, -0.15) is 0 Å². The molecule has 1 aromatic carbocycles. The predicted molar refractivity (Wildman–Crippen MR) is 69.2 cm³/mol. The van der Waals surface area contributed by atoms with Gasteiger partial charge in [-0.25, -0.2) is 0 Å². The molecule has 0 bridgehead atoms. The third kappa shape index (κ3) is 1.93. The van der Waals surface area contributed by atoms with Crippen LogP contribution in [0.5, 0.6) is 0 Å². The van der Waals surface area contributed by atoms with E-state index in [0.29, 0.717) is 6.04 Å². The Balaban J connectivity index is 1.93. The summed E-state index contributed by atoms with van der Waals surface area (Å²) in [6, 6.07) is 8.76. The van der Waals surface area contributed by atoms with E-state index in [0.717, 1.165) is 37.4 Å². The summed E-state index contributed by atoms with van der Waals surface area (Å²) in [5, 5.41) is 3.56. The molecule has 92 valence electrons. The lowest BCUT2D eigenvalue weighted by Gasteiger charge is -2.49. The average molecular weight is 298 g/mol. The third-order valence-corrected chi connectivity index (χ3v) is 4.41. The van der Waals surface area contributed by atoms with Crippen LogP contribution in [0.3, 0.4) is 0 Å². The zero-order valence-corrected chi connectivity index (χ0v) is 11.2. The van der Waals surface area contributed by atoms with E-state index in [1.807, 2.05) is 6.07 Å². The van der Waals surface area contributed by atoms with Gasteiger partial charge >= 0.3 is 0 Å². The molecule has 4 heteroatoms. The van der Waals surface area contributed by atoms with Gasteiger partial charge in [0, 0.05) is 17.1 Å². The average Bonchev–Trinajstić information content (AvgIpc) is 2.32. The van der Waals surface area contributed by atoms with E-state index in [1.54, 1.807) is 0 Å². The maximum absolute atomic E-state index is 5.59. The van der Waals surface area contributed by atoms with Crippen molar-refractivity contribution in [2.45, 2.75) is 11.5 Å². The smallest absolute Gasteiger partial charge is 0.0630 e. The van der Waals surface area contributed by atoms with Crippen LogP contribution in [0.4, 0.5) is 0 Å². The highest BCUT2D eigenvalue weighted by atomic mass is 79.9. The van der Waals surface area contributed by atoms with Crippen molar-refractivity contribution >= 4 is 15.9 Å². The lowest BCUT2D eigenvalue weighted by Crippen LogP contribution is -2.64. The Morgan fingerprint density at radius 3 is 2.65 bits per heavy atom. The minimum Gasteiger partial charge on any atom is -0.379 e. The van der Waals surface area contributed by atoms with E-state index in [1.165, 1.54) is 5.56 Å². The number of benzene rings is 1. The van der Waals surface area contributed by atoms with Gasteiger partial charge in [0.25, 0.3) is 0 Å². The van der Waals surface area contributed by atoms with Crippen LogP contribution < -0.4 is 5.32 Å². The molecule has 1 unspecified atom stereocenters. The summed E-state index contributed by atoms with van der Waals surface area (Å²) in [6.45, 7) is 4.05. The van der Waals surface area contributed by atoms with Crippen LogP contribution in [-0.2, 0) is 14.9 Å². The number of ether oxygens (including phenoxy) is 2. The van der Waals surface area contributed by atoms with Crippen molar-refractivity contribution in [2.75, 3.05) is 33.0 Å². The Labute approximate surface area is 110 Å². The number of rotatable bonds is 2. The molecule has 0 amide bonds. The lowest BCUT2D eigenvalue weighted by molar-refractivity contribution is -0.101. The van der Waals surface area contributed by atoms with Gasteiger partial charge in [0.15, 0.2) is 0 Å². The summed E-state index contributed by atoms with van der Waals surface area (Å²) >= 11 is 3.65. The molecule has 1 aromatic rings. The molecule has 0 radical (unpaired) electrons. The first kappa shape index (κ1) is 11.7. The maximum atomic E-state index is 5.59. The predicted octanol–water partition coefficient (Wildman–Crippen LogP) is 1.71. The summed E-state index contributed by atoms with van der Waals surface area (Å²) in [5.74, 6) is 0. The minimum atomic E-state index is 0.0700. The Kier molecular flexibility index (Phi) is 3.21. The third-order valence-electron chi connectivity index (χ3n) is 3.72. The summed E-state index contributed by atoms with van der Waals surface area (Å²) < 4.78 is 12.2. The highest BCUT2D eigenvalue weighted by Crippen LogP contribution is 2.40. The molecule has 1 N–H and O–H groups in total. The van der Waals surface area contributed by atoms with Gasteiger partial charge in [0.2, 0.25) is 0 Å². The van der Waals surface area contributed by atoms with Crippen molar-refractivity contribution in [1.29, 1.82) is 0 Å². The number of hydrogen-bond acceptors (Lipinski definition) is 3. The van der Waals surface area contributed by atoms with Crippen LogP contribution in [0, 0.1) is 0 Å². The van der Waals surface area contributed by atoms with Crippen molar-refractivity contribution < 1.29 is 9.47 Å². The van der Waals surface area contributed by atoms with Crippen molar-refractivity contribution in [2.24, 2.45) is 0 Å². The van der Waals surface area contributed by atoms with Crippen LogP contribution in [-0.4, -0.2) is 39.0 Å². The fourth-order valence-electron chi connectivity index (χ4n) is 2.65. The van der Waals surface area contributed by atoms with Gasteiger partial charge in [-0.05, 0) is 11.6 Å².